The Hall–Kier alpha value is -1.52. The highest BCUT2D eigenvalue weighted by molar-refractivity contribution is 5.47. The lowest BCUT2D eigenvalue weighted by Crippen LogP contribution is -2.26. The number of hydrogen-bond acceptors (Lipinski definition) is 4. The fourth-order valence-corrected chi connectivity index (χ4v) is 1.06. The number of nitrogens with zero attached hydrogens (tertiary/aromatic N) is 1. The summed E-state index contributed by atoms with van der Waals surface area (Å²) in [7, 11) is 1.59. The molecule has 1 rings (SSSR count). The van der Waals surface area contributed by atoms with Crippen LogP contribution in [0.4, 0.5) is 5.69 Å². The molecule has 1 aromatic carbocycles. The molecule has 0 unspecified atom stereocenters. The predicted octanol–water partition coefficient (Wildman–Crippen LogP) is 0.813. The highest BCUT2D eigenvalue weighted by Crippen LogP contribution is 2.09. The first-order chi connectivity index (χ1) is 6.74. The molecule has 0 radical (unpaired) electrons. The predicted molar refractivity (Wildman–Crippen MR) is 57.3 cm³/mol. The molecule has 0 bridgehead atoms. The van der Waals surface area contributed by atoms with Crippen LogP contribution < -0.4 is 16.6 Å². The van der Waals surface area contributed by atoms with E-state index < -0.39 is 0 Å². The van der Waals surface area contributed by atoms with E-state index in [9.17, 15) is 0 Å². The van der Waals surface area contributed by atoms with Crippen LogP contribution in [0.15, 0.2) is 42.2 Å². The number of anilines is 1. The van der Waals surface area contributed by atoms with E-state index in [2.05, 4.69) is 0 Å². The highest BCUT2D eigenvalue weighted by Gasteiger charge is 1.97. The second-order valence-electron chi connectivity index (χ2n) is 2.88. The highest BCUT2D eigenvalue weighted by atomic mass is 16.5. The lowest BCUT2D eigenvalue weighted by molar-refractivity contribution is 0.224. The van der Waals surface area contributed by atoms with Gasteiger partial charge in [-0.05, 0) is 12.1 Å². The Bertz CT molecular complexity index is 297. The first kappa shape index (κ1) is 10.6. The second kappa shape index (κ2) is 5.26. The molecule has 0 fully saturated rings. The summed E-state index contributed by atoms with van der Waals surface area (Å²) in [6, 6.07) is 9.55. The molecule has 0 aliphatic carbocycles. The molecule has 0 saturated carbocycles. The van der Waals surface area contributed by atoms with Crippen LogP contribution in [0.1, 0.15) is 0 Å². The Labute approximate surface area is 83.7 Å². The fraction of sp³-hybridized carbons (Fsp3) is 0.200. The average Bonchev–Trinajstić information content (AvgIpc) is 2.19. The van der Waals surface area contributed by atoms with E-state index in [-0.39, 0.29) is 0 Å². The molecule has 0 heterocycles. The topological polar surface area (TPSA) is 64.5 Å². The van der Waals surface area contributed by atoms with Gasteiger partial charge in [0.1, 0.15) is 0 Å². The number of benzene rings is 1. The summed E-state index contributed by atoms with van der Waals surface area (Å²) in [6.07, 6.45) is 1.64. The molecule has 0 spiro atoms. The molecule has 0 saturated heterocycles. The molecule has 0 aliphatic rings. The van der Waals surface area contributed by atoms with Crippen molar-refractivity contribution < 1.29 is 4.74 Å². The Morgan fingerprint density at radius 2 is 2.07 bits per heavy atom. The van der Waals surface area contributed by atoms with Crippen LogP contribution in [0, 0.1) is 0 Å². The minimum Gasteiger partial charge on any atom is -0.399 e. The van der Waals surface area contributed by atoms with Gasteiger partial charge in [-0.2, -0.15) is 0 Å². The normalized spacial score (nSPS) is 11.4. The summed E-state index contributed by atoms with van der Waals surface area (Å²) in [5, 5.41) is 1.47. The zero-order valence-electron chi connectivity index (χ0n) is 8.18. The molecule has 4 nitrogen and oxygen atoms in total. The molecule has 76 valence electrons. The maximum Gasteiger partial charge on any atom is 0.0872 e. The van der Waals surface area contributed by atoms with Crippen molar-refractivity contribution >= 4 is 5.69 Å². The Morgan fingerprint density at radius 1 is 1.43 bits per heavy atom. The summed E-state index contributed by atoms with van der Waals surface area (Å²) in [5.74, 6) is 5.75. The van der Waals surface area contributed by atoms with Crippen molar-refractivity contribution in [2.75, 3.05) is 18.7 Å². The van der Waals surface area contributed by atoms with E-state index >= 15 is 0 Å². The lowest BCUT2D eigenvalue weighted by atomic mass is 10.3. The van der Waals surface area contributed by atoms with Gasteiger partial charge in [0, 0.05) is 13.3 Å². The van der Waals surface area contributed by atoms with Crippen molar-refractivity contribution in [1.29, 1.82) is 0 Å². The van der Waals surface area contributed by atoms with Crippen LogP contribution >= 0.6 is 0 Å². The van der Waals surface area contributed by atoms with Crippen LogP contribution in [0.25, 0.3) is 0 Å². The van der Waals surface area contributed by atoms with Gasteiger partial charge in [0.15, 0.2) is 0 Å². The average molecular weight is 193 g/mol. The van der Waals surface area contributed by atoms with Gasteiger partial charge in [-0.25, -0.2) is 5.84 Å². The van der Waals surface area contributed by atoms with Gasteiger partial charge in [0.2, 0.25) is 0 Å². The van der Waals surface area contributed by atoms with E-state index in [1.165, 1.54) is 5.01 Å². The van der Waals surface area contributed by atoms with Gasteiger partial charge in [-0.15, -0.1) is 0 Å². The van der Waals surface area contributed by atoms with E-state index in [0.29, 0.717) is 12.3 Å². The summed E-state index contributed by atoms with van der Waals surface area (Å²) in [4.78, 5) is 0. The number of nitrogens with two attached hydrogens (primary N) is 2. The zero-order chi connectivity index (χ0) is 10.4. The number of hydrogen-bond donors (Lipinski definition) is 2. The maximum absolute atomic E-state index is 5.75. The number of hydrazine groups is 1. The quantitative estimate of drug-likeness (QED) is 0.548. The minimum atomic E-state index is 0.376. The van der Waals surface area contributed by atoms with E-state index in [1.54, 1.807) is 13.3 Å². The Balaban J connectivity index is 2.67. The molecule has 1 aromatic rings. The molecule has 0 amide bonds. The second-order valence-corrected chi connectivity index (χ2v) is 2.88. The third kappa shape index (κ3) is 3.08. The number of rotatable bonds is 4. The summed E-state index contributed by atoms with van der Waals surface area (Å²) >= 11 is 0. The first-order valence-corrected chi connectivity index (χ1v) is 4.28. The standard InChI is InChI=1S/C10H15N3O/c1-14-8-9(11)7-13(12)10-5-3-2-4-6-10/h2-7H,8,11-12H2,1H3/b9-7-. The van der Waals surface area contributed by atoms with Crippen molar-refractivity contribution in [1.82, 2.24) is 0 Å². The van der Waals surface area contributed by atoms with Crippen molar-refractivity contribution in [3.8, 4) is 0 Å². The number of ether oxygens (including phenoxy) is 1. The largest absolute Gasteiger partial charge is 0.399 e. The molecule has 4 heteroatoms. The fourth-order valence-electron chi connectivity index (χ4n) is 1.06. The van der Waals surface area contributed by atoms with Gasteiger partial charge >= 0.3 is 0 Å². The third-order valence-corrected chi connectivity index (χ3v) is 1.67. The van der Waals surface area contributed by atoms with Crippen molar-refractivity contribution in [3.63, 3.8) is 0 Å². The summed E-state index contributed by atoms with van der Waals surface area (Å²) < 4.78 is 4.86. The molecule has 0 aliphatic heterocycles. The van der Waals surface area contributed by atoms with Crippen LogP contribution in [-0.2, 0) is 4.74 Å². The summed E-state index contributed by atoms with van der Waals surface area (Å²) in [5.41, 5.74) is 7.10. The first-order valence-electron chi connectivity index (χ1n) is 4.28. The lowest BCUT2D eigenvalue weighted by Gasteiger charge is -2.14. The van der Waals surface area contributed by atoms with Gasteiger partial charge < -0.3 is 10.5 Å². The van der Waals surface area contributed by atoms with E-state index in [1.807, 2.05) is 30.3 Å². The van der Waals surface area contributed by atoms with Crippen molar-refractivity contribution in [3.05, 3.63) is 42.2 Å². The number of para-hydroxylation sites is 1. The van der Waals surface area contributed by atoms with Gasteiger partial charge in [0.05, 0.1) is 18.0 Å². The van der Waals surface area contributed by atoms with Gasteiger partial charge in [0.25, 0.3) is 0 Å². The summed E-state index contributed by atoms with van der Waals surface area (Å²) in [6.45, 7) is 0.376. The molecular weight excluding hydrogens is 178 g/mol. The SMILES string of the molecule is COC/C(N)=C/N(N)c1ccccc1. The zero-order valence-corrected chi connectivity index (χ0v) is 8.18. The molecule has 0 atom stereocenters. The van der Waals surface area contributed by atoms with Crippen LogP contribution in [0.5, 0.6) is 0 Å². The van der Waals surface area contributed by atoms with Crippen LogP contribution in [0.2, 0.25) is 0 Å². The van der Waals surface area contributed by atoms with Gasteiger partial charge in [-0.1, -0.05) is 18.2 Å². The number of methoxy groups -OCH3 is 1. The minimum absolute atomic E-state index is 0.376. The molecular formula is C10H15N3O. The molecule has 0 aromatic heterocycles. The third-order valence-electron chi connectivity index (χ3n) is 1.67. The monoisotopic (exact) mass is 193 g/mol. The Morgan fingerprint density at radius 3 is 2.64 bits per heavy atom. The molecule has 4 N–H and O–H groups in total. The van der Waals surface area contributed by atoms with Crippen molar-refractivity contribution in [2.45, 2.75) is 0 Å². The van der Waals surface area contributed by atoms with E-state index in [4.69, 9.17) is 16.3 Å². The molecule has 14 heavy (non-hydrogen) atoms. The maximum atomic E-state index is 5.75. The van der Waals surface area contributed by atoms with Crippen LogP contribution in [-0.4, -0.2) is 13.7 Å². The van der Waals surface area contributed by atoms with E-state index in [0.717, 1.165) is 5.69 Å². The van der Waals surface area contributed by atoms with Gasteiger partial charge in [-0.3, -0.25) is 5.01 Å². The Kier molecular flexibility index (Phi) is 3.97. The van der Waals surface area contributed by atoms with Crippen LogP contribution in [0.3, 0.4) is 0 Å². The smallest absolute Gasteiger partial charge is 0.0872 e. The van der Waals surface area contributed by atoms with Crippen molar-refractivity contribution in [2.24, 2.45) is 11.6 Å².